The minimum atomic E-state index is -3.64. The number of sulfonamides is 1. The fourth-order valence-corrected chi connectivity index (χ4v) is 4.10. The molecule has 0 amide bonds. The molecule has 1 saturated heterocycles. The maximum absolute atomic E-state index is 13.0. The monoisotopic (exact) mass is 363 g/mol. The molecule has 1 aliphatic rings. The molecule has 0 bridgehead atoms. The van der Waals surface area contributed by atoms with Gasteiger partial charge < -0.3 is 8.94 Å². The van der Waals surface area contributed by atoms with Crippen molar-refractivity contribution in [3.8, 4) is 23.0 Å². The number of halogens is 1. The van der Waals surface area contributed by atoms with E-state index in [1.54, 1.807) is 0 Å². The molecule has 1 fully saturated rings. The van der Waals surface area contributed by atoms with Crippen molar-refractivity contribution in [1.29, 1.82) is 0 Å². The lowest BCUT2D eigenvalue weighted by atomic mass is 10.2. The molecule has 1 aliphatic heterocycles. The maximum atomic E-state index is 13.0. The molecule has 0 spiro atoms. The average molecular weight is 363 g/mol. The summed E-state index contributed by atoms with van der Waals surface area (Å²) in [6, 6.07) is 8.48. The zero-order valence-corrected chi connectivity index (χ0v) is 13.9. The fourth-order valence-electron chi connectivity index (χ4n) is 2.67. The smallest absolute Gasteiger partial charge is 0.293 e. The van der Waals surface area contributed by atoms with Gasteiger partial charge in [-0.15, -0.1) is 0 Å². The van der Waals surface area contributed by atoms with Crippen LogP contribution >= 0.6 is 0 Å². The molecule has 0 radical (unpaired) electrons. The molecule has 0 atom stereocenters. The predicted molar refractivity (Wildman–Crippen MR) is 85.4 cm³/mol. The Labute approximate surface area is 143 Å². The summed E-state index contributed by atoms with van der Waals surface area (Å²) in [7, 11) is -3.64. The minimum Gasteiger partial charge on any atom is -0.438 e. The van der Waals surface area contributed by atoms with Gasteiger partial charge in [-0.3, -0.25) is 0 Å². The van der Waals surface area contributed by atoms with Gasteiger partial charge in [-0.25, -0.2) is 12.8 Å². The van der Waals surface area contributed by atoms with E-state index >= 15 is 0 Å². The summed E-state index contributed by atoms with van der Waals surface area (Å²) in [5.74, 6) is 0.117. The summed E-state index contributed by atoms with van der Waals surface area (Å²) in [4.78, 5) is 4.17. The molecular weight excluding hydrogens is 349 g/mol. The molecule has 3 aromatic rings. The molecule has 3 heterocycles. The van der Waals surface area contributed by atoms with Gasteiger partial charge in [0.05, 0.1) is 0 Å². The Morgan fingerprint density at radius 1 is 1.04 bits per heavy atom. The van der Waals surface area contributed by atoms with Crippen LogP contribution in [0.5, 0.6) is 0 Å². The fraction of sp³-hybridized carbons (Fsp3) is 0.250. The molecule has 2 aromatic heterocycles. The summed E-state index contributed by atoms with van der Waals surface area (Å²) in [5, 5.41) is 3.67. The van der Waals surface area contributed by atoms with Crippen molar-refractivity contribution >= 4 is 10.0 Å². The number of hydrogen-bond acceptors (Lipinski definition) is 6. The number of furan rings is 1. The van der Waals surface area contributed by atoms with E-state index < -0.39 is 10.0 Å². The minimum absolute atomic E-state index is 0.0576. The van der Waals surface area contributed by atoms with Gasteiger partial charge in [0.1, 0.15) is 5.82 Å². The summed E-state index contributed by atoms with van der Waals surface area (Å²) in [6.45, 7) is 0.987. The largest absolute Gasteiger partial charge is 0.438 e. The van der Waals surface area contributed by atoms with Gasteiger partial charge in [0.2, 0.25) is 10.9 Å². The molecule has 25 heavy (non-hydrogen) atoms. The second-order valence-electron chi connectivity index (χ2n) is 5.66. The highest BCUT2D eigenvalue weighted by Crippen LogP contribution is 2.28. The summed E-state index contributed by atoms with van der Waals surface area (Å²) in [6.07, 6.45) is 1.69. The number of hydrogen-bond donors (Lipinski definition) is 0. The van der Waals surface area contributed by atoms with Crippen LogP contribution in [0.4, 0.5) is 4.39 Å². The van der Waals surface area contributed by atoms with Crippen LogP contribution < -0.4 is 0 Å². The number of aromatic nitrogens is 2. The van der Waals surface area contributed by atoms with Crippen LogP contribution in [0.15, 0.2) is 50.4 Å². The molecule has 9 heteroatoms. The van der Waals surface area contributed by atoms with E-state index in [9.17, 15) is 12.8 Å². The normalized spacial score (nSPS) is 15.7. The Balaban J connectivity index is 1.61. The lowest BCUT2D eigenvalue weighted by molar-refractivity contribution is 0.388. The molecule has 0 aliphatic carbocycles. The molecule has 0 unspecified atom stereocenters. The second-order valence-corrected chi connectivity index (χ2v) is 7.53. The molecule has 130 valence electrons. The van der Waals surface area contributed by atoms with Crippen LogP contribution in [-0.4, -0.2) is 36.0 Å². The first-order chi connectivity index (χ1) is 12.0. The first-order valence-corrected chi connectivity index (χ1v) is 9.18. The lowest BCUT2D eigenvalue weighted by Gasteiger charge is -2.12. The molecule has 0 saturated carbocycles. The highest BCUT2D eigenvalue weighted by Gasteiger charge is 2.30. The quantitative estimate of drug-likeness (QED) is 0.708. The Hall–Kier alpha value is -2.52. The van der Waals surface area contributed by atoms with Crippen molar-refractivity contribution in [2.24, 2.45) is 0 Å². The van der Waals surface area contributed by atoms with Crippen LogP contribution in [0.2, 0.25) is 0 Å². The molecule has 0 N–H and O–H groups in total. The topological polar surface area (TPSA) is 89.4 Å². The standard InChI is InChI=1S/C16H14FN3O4S/c17-12-5-3-11(4-6-12)15-18-16(24-19-15)13-7-8-14(23-13)25(21,22)20-9-1-2-10-20/h3-8H,1-2,9-10H2. The average Bonchev–Trinajstić information content (AvgIpc) is 3.35. The summed E-state index contributed by atoms with van der Waals surface area (Å²) < 4.78 is 49.9. The molecule has 7 nitrogen and oxygen atoms in total. The highest BCUT2D eigenvalue weighted by molar-refractivity contribution is 7.89. The van der Waals surface area contributed by atoms with Gasteiger partial charge in [-0.1, -0.05) is 5.16 Å². The molecule has 1 aromatic carbocycles. The van der Waals surface area contributed by atoms with Crippen molar-refractivity contribution in [2.75, 3.05) is 13.1 Å². The second kappa shape index (κ2) is 6.08. The van der Waals surface area contributed by atoms with Gasteiger partial charge in [-0.05, 0) is 49.2 Å². The van der Waals surface area contributed by atoms with Crippen molar-refractivity contribution in [3.05, 3.63) is 42.2 Å². The third-order valence-electron chi connectivity index (χ3n) is 3.98. The van der Waals surface area contributed by atoms with Gasteiger partial charge in [0, 0.05) is 18.7 Å². The first kappa shape index (κ1) is 16.0. The van der Waals surface area contributed by atoms with E-state index in [0.717, 1.165) is 12.8 Å². The zero-order valence-electron chi connectivity index (χ0n) is 13.1. The van der Waals surface area contributed by atoms with Gasteiger partial charge in [0.15, 0.2) is 5.76 Å². The zero-order chi connectivity index (χ0) is 17.4. The highest BCUT2D eigenvalue weighted by atomic mass is 32.2. The van der Waals surface area contributed by atoms with E-state index in [1.165, 1.54) is 40.7 Å². The Bertz CT molecular complexity index is 989. The third kappa shape index (κ3) is 2.96. The summed E-state index contributed by atoms with van der Waals surface area (Å²) >= 11 is 0. The van der Waals surface area contributed by atoms with Gasteiger partial charge in [0.25, 0.3) is 15.9 Å². The van der Waals surface area contributed by atoms with Crippen LogP contribution in [0.3, 0.4) is 0 Å². The number of rotatable bonds is 4. The lowest BCUT2D eigenvalue weighted by Crippen LogP contribution is -2.27. The van der Waals surface area contributed by atoms with Crippen LogP contribution in [0.25, 0.3) is 23.0 Å². The number of nitrogens with zero attached hydrogens (tertiary/aromatic N) is 3. The van der Waals surface area contributed by atoms with E-state index in [0.29, 0.717) is 18.7 Å². The van der Waals surface area contributed by atoms with E-state index in [2.05, 4.69) is 10.1 Å². The van der Waals surface area contributed by atoms with E-state index in [4.69, 9.17) is 8.94 Å². The maximum Gasteiger partial charge on any atom is 0.293 e. The van der Waals surface area contributed by atoms with Gasteiger partial charge in [-0.2, -0.15) is 9.29 Å². The molecular formula is C16H14FN3O4S. The SMILES string of the molecule is O=S(=O)(c1ccc(-c2nc(-c3ccc(F)cc3)no2)o1)N1CCCC1. The van der Waals surface area contributed by atoms with Crippen molar-refractivity contribution < 1.29 is 21.7 Å². The summed E-state index contributed by atoms with van der Waals surface area (Å²) in [5.41, 5.74) is 0.577. The molecule has 4 rings (SSSR count). The number of benzene rings is 1. The van der Waals surface area contributed by atoms with Crippen molar-refractivity contribution in [2.45, 2.75) is 17.9 Å². The Kier molecular flexibility index (Phi) is 3.89. The van der Waals surface area contributed by atoms with E-state index in [-0.39, 0.29) is 28.4 Å². The first-order valence-electron chi connectivity index (χ1n) is 7.74. The predicted octanol–water partition coefficient (Wildman–Crippen LogP) is 2.92. The Morgan fingerprint density at radius 2 is 1.76 bits per heavy atom. The van der Waals surface area contributed by atoms with Crippen molar-refractivity contribution in [1.82, 2.24) is 14.4 Å². The van der Waals surface area contributed by atoms with Crippen LogP contribution in [0, 0.1) is 5.82 Å². The Morgan fingerprint density at radius 3 is 2.48 bits per heavy atom. The van der Waals surface area contributed by atoms with Crippen molar-refractivity contribution in [3.63, 3.8) is 0 Å². The van der Waals surface area contributed by atoms with E-state index in [1.807, 2.05) is 0 Å². The van der Waals surface area contributed by atoms with Crippen LogP contribution in [0.1, 0.15) is 12.8 Å². The third-order valence-corrected chi connectivity index (χ3v) is 5.75. The van der Waals surface area contributed by atoms with Crippen LogP contribution in [-0.2, 0) is 10.0 Å². The van der Waals surface area contributed by atoms with Gasteiger partial charge >= 0.3 is 0 Å².